The number of amides is 2. The smallest absolute Gasteiger partial charge is 0.410 e. The number of alkyl carbamates (subject to hydrolysis) is 1. The number of nitrogen functional groups attached to an aromatic ring is 4. The van der Waals surface area contributed by atoms with Crippen molar-refractivity contribution in [3.63, 3.8) is 0 Å². The van der Waals surface area contributed by atoms with Crippen LogP contribution in [0.25, 0.3) is 0 Å². The highest BCUT2D eigenvalue weighted by atomic mass is 16.6. The Bertz CT molecular complexity index is 2350. The Labute approximate surface area is 445 Å². The number of pyridine rings is 4. The minimum absolute atomic E-state index is 0.152. The third kappa shape index (κ3) is 18.3. The first-order valence-corrected chi connectivity index (χ1v) is 26.6. The van der Waals surface area contributed by atoms with Gasteiger partial charge in [-0.25, -0.2) is 9.59 Å². The zero-order valence-electron chi connectivity index (χ0n) is 45.7. The van der Waals surface area contributed by atoms with Crippen LogP contribution in [0.3, 0.4) is 0 Å². The maximum absolute atomic E-state index is 12.0. The van der Waals surface area contributed by atoms with Crippen LogP contribution in [0.1, 0.15) is 73.6 Å². The molecule has 9 N–H and O–H groups in total. The van der Waals surface area contributed by atoms with Crippen molar-refractivity contribution in [1.29, 1.82) is 0 Å². The fourth-order valence-corrected chi connectivity index (χ4v) is 9.46. The van der Waals surface area contributed by atoms with Gasteiger partial charge in [-0.15, -0.1) is 0 Å². The normalized spacial score (nSPS) is 18.0. The van der Waals surface area contributed by atoms with Crippen molar-refractivity contribution in [2.45, 2.75) is 96.9 Å². The number of carbonyl (C=O) groups is 2. The van der Waals surface area contributed by atoms with Crippen molar-refractivity contribution in [3.8, 4) is 0 Å². The number of nitrogens with one attached hydrogen (secondary N) is 1. The van der Waals surface area contributed by atoms with Crippen LogP contribution in [-0.2, 0) is 14.2 Å². The second kappa shape index (κ2) is 27.8. The maximum Gasteiger partial charge on any atom is 0.410 e. The minimum Gasteiger partial charge on any atom is -0.444 e. The number of methoxy groups -OCH3 is 1. The second-order valence-electron chi connectivity index (χ2n) is 21.5. The molecule has 5 fully saturated rings. The number of piperidine rings is 1. The molecule has 21 nitrogen and oxygen atoms in total. The molecule has 75 heavy (non-hydrogen) atoms. The van der Waals surface area contributed by atoms with Crippen molar-refractivity contribution in [3.05, 3.63) is 73.8 Å². The number of aromatic nitrogens is 4. The van der Waals surface area contributed by atoms with E-state index in [-0.39, 0.29) is 18.2 Å². The van der Waals surface area contributed by atoms with Gasteiger partial charge in [-0.2, -0.15) is 0 Å². The summed E-state index contributed by atoms with van der Waals surface area (Å²) < 4.78 is 15.7. The molecule has 0 unspecified atom stereocenters. The molecular weight excluding hydrogens is 953 g/mol. The monoisotopic (exact) mass is 1040 g/mol. The molecule has 4 aromatic rings. The minimum atomic E-state index is -0.462. The van der Waals surface area contributed by atoms with Gasteiger partial charge in [0.05, 0.1) is 76.9 Å². The summed E-state index contributed by atoms with van der Waals surface area (Å²) in [4.78, 5) is 55.7. The lowest BCUT2D eigenvalue weighted by molar-refractivity contribution is 0.0240. The molecule has 2 amide bonds. The highest BCUT2D eigenvalue weighted by Crippen LogP contribution is 2.29. The molecule has 1 aliphatic carbocycles. The zero-order chi connectivity index (χ0) is 54.0. The van der Waals surface area contributed by atoms with Crippen LogP contribution in [0.15, 0.2) is 73.8 Å². The lowest BCUT2D eigenvalue weighted by Crippen LogP contribution is -2.52. The van der Waals surface area contributed by atoms with E-state index in [0.717, 1.165) is 132 Å². The molecule has 1 saturated carbocycles. The highest BCUT2D eigenvalue weighted by molar-refractivity contribution is 5.71. The van der Waals surface area contributed by atoms with Crippen molar-refractivity contribution < 1.29 is 23.8 Å². The average molecular weight is 1040 g/mol. The Hall–Kier alpha value is -6.58. The fourth-order valence-electron chi connectivity index (χ4n) is 9.46. The molecule has 412 valence electrons. The fraction of sp³-hybridized carbons (Fsp3) is 0.593. The van der Waals surface area contributed by atoms with Gasteiger partial charge in [-0.1, -0.05) is 6.42 Å². The van der Waals surface area contributed by atoms with E-state index in [0.29, 0.717) is 24.5 Å². The summed E-state index contributed by atoms with van der Waals surface area (Å²) in [5.41, 5.74) is 30.0. The van der Waals surface area contributed by atoms with Crippen LogP contribution < -0.4 is 47.9 Å². The van der Waals surface area contributed by atoms with Gasteiger partial charge in [0.1, 0.15) is 11.2 Å². The van der Waals surface area contributed by atoms with E-state index < -0.39 is 11.2 Å². The van der Waals surface area contributed by atoms with E-state index in [4.69, 9.17) is 37.1 Å². The van der Waals surface area contributed by atoms with Crippen molar-refractivity contribution >= 4 is 57.7 Å². The third-order valence-corrected chi connectivity index (χ3v) is 13.7. The van der Waals surface area contributed by atoms with Gasteiger partial charge < -0.3 is 67.0 Å². The molecule has 21 heteroatoms. The highest BCUT2D eigenvalue weighted by Gasteiger charge is 2.30. The Morgan fingerprint density at radius 3 is 1.29 bits per heavy atom. The predicted octanol–water partition coefficient (Wildman–Crippen LogP) is 5.65. The van der Waals surface area contributed by atoms with Crippen molar-refractivity contribution in [2.75, 3.05) is 154 Å². The largest absolute Gasteiger partial charge is 0.444 e. The Balaban J connectivity index is 0.000000163. The van der Waals surface area contributed by atoms with E-state index in [1.54, 1.807) is 55.4 Å². The summed E-state index contributed by atoms with van der Waals surface area (Å²) in [6, 6.07) is 8.86. The lowest BCUT2D eigenvalue weighted by Gasteiger charge is -2.43. The SMILES string of the molecule is CC(C)(C)OC(=O)N1CCN(c2ccncc2N)CC1.CC(C)(C)OC(=O)NC1CCN(c2ccncc2N)CC1.COCCN1CCN(c2ccncc2N)CC1.Nc1cnccc1N1CCN(C2CCC2)CC1. The molecule has 0 atom stereocenters. The van der Waals surface area contributed by atoms with Gasteiger partial charge in [0.25, 0.3) is 0 Å². The molecule has 0 aromatic carbocycles. The number of nitrogens with zero attached hydrogens (tertiary/aromatic N) is 11. The summed E-state index contributed by atoms with van der Waals surface area (Å²) in [7, 11) is 1.74. The maximum atomic E-state index is 12.0. The quantitative estimate of drug-likeness (QED) is 0.136. The van der Waals surface area contributed by atoms with Crippen LogP contribution in [0.5, 0.6) is 0 Å². The van der Waals surface area contributed by atoms with E-state index in [1.807, 2.05) is 72.0 Å². The van der Waals surface area contributed by atoms with Gasteiger partial charge in [-0.05, 0) is 91.5 Å². The van der Waals surface area contributed by atoms with Crippen LogP contribution in [0.2, 0.25) is 0 Å². The van der Waals surface area contributed by atoms with Crippen LogP contribution >= 0.6 is 0 Å². The van der Waals surface area contributed by atoms with Crippen LogP contribution in [0, 0.1) is 0 Å². The van der Waals surface area contributed by atoms with Gasteiger partial charge in [-0.3, -0.25) is 29.7 Å². The van der Waals surface area contributed by atoms with Crippen LogP contribution in [-0.4, -0.2) is 182 Å². The first-order valence-electron chi connectivity index (χ1n) is 26.6. The summed E-state index contributed by atoms with van der Waals surface area (Å²) in [6.07, 6.45) is 19.2. The molecule has 5 aliphatic rings. The molecule has 8 heterocycles. The lowest BCUT2D eigenvalue weighted by atomic mass is 9.91. The molecule has 4 saturated heterocycles. The molecular formula is C54H86N16O5. The number of hydrogen-bond donors (Lipinski definition) is 5. The van der Waals surface area contributed by atoms with E-state index in [2.05, 4.69) is 54.7 Å². The van der Waals surface area contributed by atoms with Gasteiger partial charge in [0.2, 0.25) is 0 Å². The second-order valence-corrected chi connectivity index (χ2v) is 21.5. The topological polar surface area (TPSA) is 252 Å². The summed E-state index contributed by atoms with van der Waals surface area (Å²) >= 11 is 0. The van der Waals surface area contributed by atoms with E-state index in [9.17, 15) is 9.59 Å². The number of piperazine rings is 3. The van der Waals surface area contributed by atoms with Gasteiger partial charge in [0, 0.05) is 142 Å². The molecule has 4 aliphatic heterocycles. The number of rotatable bonds is 9. The zero-order valence-corrected chi connectivity index (χ0v) is 45.7. The van der Waals surface area contributed by atoms with Gasteiger partial charge >= 0.3 is 12.2 Å². The predicted molar refractivity (Wildman–Crippen MR) is 301 cm³/mol. The summed E-state index contributed by atoms with van der Waals surface area (Å²) in [6.45, 7) is 26.2. The van der Waals surface area contributed by atoms with E-state index >= 15 is 0 Å². The standard InChI is InChI=1S/C15H24N4O2.C14H22N4O2.C13H20N4.C12H20N4O/c1-15(2,3)21-14(20)18-11-5-8-19(9-6-11)13-4-7-17-10-12(13)16;1-14(2,3)20-13(19)18-8-6-17(7-9-18)12-4-5-16-10-11(12)15;14-12-10-15-5-4-13(12)17-8-6-16(7-9-17)11-2-1-3-11;1-17-9-8-15-4-6-16(7-5-15)12-2-3-14-10-11(12)13/h4,7,10-11H,5-6,8-9,16H2,1-3H3,(H,18,20);4-5,10H,6-9,15H2,1-3H3;4-5,10-11H,1-3,6-9,14H2;2-3,10H,4-9,13H2,1H3. The van der Waals surface area contributed by atoms with E-state index in [1.165, 1.54) is 32.4 Å². The van der Waals surface area contributed by atoms with Gasteiger partial charge in [0.15, 0.2) is 0 Å². The average Bonchev–Trinajstić information content (AvgIpc) is 3.36. The van der Waals surface area contributed by atoms with Crippen molar-refractivity contribution in [1.82, 2.24) is 40.0 Å². The number of nitrogens with two attached hydrogens (primary N) is 4. The molecule has 9 rings (SSSR count). The molecule has 0 spiro atoms. The number of anilines is 8. The first kappa shape index (κ1) is 57.7. The Kier molecular flexibility index (Phi) is 21.4. The summed E-state index contributed by atoms with van der Waals surface area (Å²) in [5, 5.41) is 2.93. The Morgan fingerprint density at radius 2 is 0.933 bits per heavy atom. The van der Waals surface area contributed by atoms with Crippen molar-refractivity contribution in [2.24, 2.45) is 0 Å². The van der Waals surface area contributed by atoms with Crippen LogP contribution in [0.4, 0.5) is 55.1 Å². The molecule has 0 radical (unpaired) electrons. The third-order valence-electron chi connectivity index (χ3n) is 13.7. The number of hydrogen-bond acceptors (Lipinski definition) is 19. The number of ether oxygens (including phenoxy) is 3. The molecule has 0 bridgehead atoms. The Morgan fingerprint density at radius 1 is 0.547 bits per heavy atom. The number of carbonyl (C=O) groups excluding carboxylic acids is 2. The summed E-state index contributed by atoms with van der Waals surface area (Å²) in [5.74, 6) is 0. The molecule has 4 aromatic heterocycles. The first-order chi connectivity index (χ1) is 35.9.